The SMILES string of the molecule is NC1CCCCC1Cc1nc(-c2ccc(Cl)c(Cl)c2)no1. The lowest BCUT2D eigenvalue weighted by molar-refractivity contribution is 0.273. The normalized spacial score (nSPS) is 22.4. The molecule has 3 rings (SSSR count). The second-order valence-corrected chi connectivity index (χ2v) is 6.37. The van der Waals surface area contributed by atoms with Crippen LogP contribution in [-0.4, -0.2) is 16.2 Å². The molecule has 6 heteroatoms. The fourth-order valence-electron chi connectivity index (χ4n) is 2.80. The Morgan fingerprint density at radius 3 is 2.76 bits per heavy atom. The highest BCUT2D eigenvalue weighted by Gasteiger charge is 2.24. The minimum atomic E-state index is 0.235. The number of rotatable bonds is 3. The molecule has 2 aromatic rings. The lowest BCUT2D eigenvalue weighted by Gasteiger charge is -2.27. The molecular weight excluding hydrogens is 309 g/mol. The predicted octanol–water partition coefficient (Wildman–Crippen LogP) is 4.10. The van der Waals surface area contributed by atoms with Crippen molar-refractivity contribution < 1.29 is 4.52 Å². The van der Waals surface area contributed by atoms with Crippen molar-refractivity contribution in [1.82, 2.24) is 10.1 Å². The summed E-state index contributed by atoms with van der Waals surface area (Å²) in [7, 11) is 0. The number of hydrogen-bond donors (Lipinski definition) is 1. The van der Waals surface area contributed by atoms with Gasteiger partial charge in [-0.2, -0.15) is 4.98 Å². The highest BCUT2D eigenvalue weighted by Crippen LogP contribution is 2.29. The number of aromatic nitrogens is 2. The van der Waals surface area contributed by atoms with Crippen LogP contribution in [0.5, 0.6) is 0 Å². The van der Waals surface area contributed by atoms with Gasteiger partial charge in [-0.15, -0.1) is 0 Å². The lowest BCUT2D eigenvalue weighted by Crippen LogP contribution is -2.34. The molecule has 0 saturated heterocycles. The summed E-state index contributed by atoms with van der Waals surface area (Å²) < 4.78 is 5.35. The van der Waals surface area contributed by atoms with Gasteiger partial charge in [0.25, 0.3) is 0 Å². The van der Waals surface area contributed by atoms with Crippen LogP contribution < -0.4 is 5.73 Å². The number of hydrogen-bond acceptors (Lipinski definition) is 4. The Balaban J connectivity index is 1.75. The summed E-state index contributed by atoms with van der Waals surface area (Å²) in [5.41, 5.74) is 6.96. The van der Waals surface area contributed by atoms with Gasteiger partial charge >= 0.3 is 0 Å². The third kappa shape index (κ3) is 3.39. The average molecular weight is 326 g/mol. The molecule has 4 nitrogen and oxygen atoms in total. The zero-order chi connectivity index (χ0) is 14.8. The zero-order valence-electron chi connectivity index (χ0n) is 11.6. The van der Waals surface area contributed by atoms with Crippen LogP contribution in [0.3, 0.4) is 0 Å². The van der Waals surface area contributed by atoms with E-state index in [9.17, 15) is 0 Å². The van der Waals surface area contributed by atoms with Crippen LogP contribution in [0.25, 0.3) is 11.4 Å². The molecule has 0 radical (unpaired) electrons. The maximum absolute atomic E-state index is 6.16. The number of nitrogens with zero attached hydrogens (tertiary/aromatic N) is 2. The first kappa shape index (κ1) is 14.8. The van der Waals surface area contributed by atoms with Gasteiger partial charge in [-0.05, 0) is 37.0 Å². The predicted molar refractivity (Wildman–Crippen MR) is 83.4 cm³/mol. The lowest BCUT2D eigenvalue weighted by atomic mass is 9.83. The molecule has 21 heavy (non-hydrogen) atoms. The molecule has 2 atom stereocenters. The van der Waals surface area contributed by atoms with Gasteiger partial charge in [0, 0.05) is 18.0 Å². The van der Waals surface area contributed by atoms with Crippen LogP contribution in [0.4, 0.5) is 0 Å². The monoisotopic (exact) mass is 325 g/mol. The average Bonchev–Trinajstić information content (AvgIpc) is 2.93. The van der Waals surface area contributed by atoms with Gasteiger partial charge in [0.1, 0.15) is 0 Å². The Hall–Kier alpha value is -1.10. The minimum absolute atomic E-state index is 0.235. The van der Waals surface area contributed by atoms with Crippen molar-refractivity contribution in [2.45, 2.75) is 38.1 Å². The first-order valence-corrected chi connectivity index (χ1v) is 7.92. The second-order valence-electron chi connectivity index (χ2n) is 5.55. The Morgan fingerprint density at radius 1 is 1.19 bits per heavy atom. The van der Waals surface area contributed by atoms with Crippen LogP contribution in [0.1, 0.15) is 31.6 Å². The van der Waals surface area contributed by atoms with E-state index >= 15 is 0 Å². The van der Waals surface area contributed by atoms with E-state index in [4.69, 9.17) is 33.5 Å². The van der Waals surface area contributed by atoms with Crippen LogP contribution in [0.15, 0.2) is 22.7 Å². The van der Waals surface area contributed by atoms with Gasteiger partial charge in [-0.25, -0.2) is 0 Å². The van der Waals surface area contributed by atoms with Gasteiger partial charge in [-0.3, -0.25) is 0 Å². The molecule has 1 heterocycles. The third-order valence-electron chi connectivity index (χ3n) is 4.05. The number of halogens is 2. The van der Waals surface area contributed by atoms with Crippen molar-refractivity contribution in [3.8, 4) is 11.4 Å². The third-order valence-corrected chi connectivity index (χ3v) is 4.79. The van der Waals surface area contributed by atoms with Crippen LogP contribution in [0.2, 0.25) is 10.0 Å². The summed E-state index contributed by atoms with van der Waals surface area (Å²) in [6.07, 6.45) is 5.40. The Morgan fingerprint density at radius 2 is 2.00 bits per heavy atom. The zero-order valence-corrected chi connectivity index (χ0v) is 13.1. The van der Waals surface area contributed by atoms with Crippen molar-refractivity contribution in [1.29, 1.82) is 0 Å². The van der Waals surface area contributed by atoms with E-state index in [0.29, 0.717) is 27.7 Å². The Kier molecular flexibility index (Phi) is 4.48. The summed E-state index contributed by atoms with van der Waals surface area (Å²) in [6.45, 7) is 0. The summed E-state index contributed by atoms with van der Waals surface area (Å²) in [6, 6.07) is 5.53. The molecule has 0 aliphatic heterocycles. The number of nitrogens with two attached hydrogens (primary N) is 1. The molecule has 112 valence electrons. The van der Waals surface area contributed by atoms with E-state index in [0.717, 1.165) is 24.8 Å². The summed E-state index contributed by atoms with van der Waals surface area (Å²) >= 11 is 11.9. The minimum Gasteiger partial charge on any atom is -0.339 e. The van der Waals surface area contributed by atoms with Crippen LogP contribution >= 0.6 is 23.2 Å². The largest absolute Gasteiger partial charge is 0.339 e. The molecule has 0 amide bonds. The summed E-state index contributed by atoms with van der Waals surface area (Å²) in [5.74, 6) is 1.60. The van der Waals surface area contributed by atoms with Crippen molar-refractivity contribution in [2.24, 2.45) is 11.7 Å². The van der Waals surface area contributed by atoms with Gasteiger partial charge in [0.2, 0.25) is 11.7 Å². The van der Waals surface area contributed by atoms with E-state index in [1.807, 2.05) is 6.07 Å². The molecule has 1 aromatic heterocycles. The molecule has 1 saturated carbocycles. The van der Waals surface area contributed by atoms with Crippen molar-refractivity contribution in [2.75, 3.05) is 0 Å². The molecular formula is C15H17Cl2N3O. The van der Waals surface area contributed by atoms with Crippen LogP contribution in [-0.2, 0) is 6.42 Å². The van der Waals surface area contributed by atoms with Gasteiger partial charge < -0.3 is 10.3 Å². The molecule has 0 bridgehead atoms. The molecule has 1 aliphatic rings. The van der Waals surface area contributed by atoms with Crippen LogP contribution in [0, 0.1) is 5.92 Å². The van der Waals surface area contributed by atoms with Crippen molar-refractivity contribution in [3.05, 3.63) is 34.1 Å². The van der Waals surface area contributed by atoms with Crippen molar-refractivity contribution in [3.63, 3.8) is 0 Å². The second kappa shape index (κ2) is 6.34. The van der Waals surface area contributed by atoms with E-state index in [1.165, 1.54) is 12.8 Å². The fraction of sp³-hybridized carbons (Fsp3) is 0.467. The summed E-state index contributed by atoms with van der Waals surface area (Å²) in [4.78, 5) is 4.44. The number of benzene rings is 1. The maximum Gasteiger partial charge on any atom is 0.227 e. The molecule has 1 fully saturated rings. The first-order valence-electron chi connectivity index (χ1n) is 7.17. The molecule has 1 aromatic carbocycles. The van der Waals surface area contributed by atoms with E-state index in [2.05, 4.69) is 10.1 Å². The molecule has 0 spiro atoms. The smallest absolute Gasteiger partial charge is 0.227 e. The molecule has 2 N–H and O–H groups in total. The van der Waals surface area contributed by atoms with Gasteiger partial charge in [0.15, 0.2) is 0 Å². The Bertz CT molecular complexity index is 629. The quantitative estimate of drug-likeness (QED) is 0.922. The fourth-order valence-corrected chi connectivity index (χ4v) is 3.10. The Labute approximate surface area is 133 Å². The standard InChI is InChI=1S/C15H17Cl2N3O/c16-11-6-5-10(7-12(11)17)15-19-14(21-20-15)8-9-3-1-2-4-13(9)18/h5-7,9,13H,1-4,8,18H2. The van der Waals surface area contributed by atoms with Gasteiger partial charge in [0.05, 0.1) is 10.0 Å². The molecule has 1 aliphatic carbocycles. The maximum atomic E-state index is 6.16. The van der Waals surface area contributed by atoms with E-state index < -0.39 is 0 Å². The van der Waals surface area contributed by atoms with E-state index in [1.54, 1.807) is 12.1 Å². The molecule has 2 unspecified atom stereocenters. The highest BCUT2D eigenvalue weighted by molar-refractivity contribution is 6.42. The first-order chi connectivity index (χ1) is 10.1. The van der Waals surface area contributed by atoms with Gasteiger partial charge in [-0.1, -0.05) is 41.2 Å². The highest BCUT2D eigenvalue weighted by atomic mass is 35.5. The van der Waals surface area contributed by atoms with E-state index in [-0.39, 0.29) is 6.04 Å². The van der Waals surface area contributed by atoms with Crippen molar-refractivity contribution >= 4 is 23.2 Å². The summed E-state index contributed by atoms with van der Waals surface area (Å²) in [5, 5.41) is 5.01. The topological polar surface area (TPSA) is 64.9 Å².